The molecule has 0 spiro atoms. The van der Waals surface area contributed by atoms with E-state index in [9.17, 15) is 0 Å². The predicted octanol–water partition coefficient (Wildman–Crippen LogP) is 0.212. The third-order valence-electron chi connectivity index (χ3n) is 2.58. The van der Waals surface area contributed by atoms with Crippen LogP contribution in [0.25, 0.3) is 0 Å². The summed E-state index contributed by atoms with van der Waals surface area (Å²) in [6, 6.07) is 0.133. The van der Waals surface area contributed by atoms with E-state index in [0.717, 1.165) is 30.9 Å². The van der Waals surface area contributed by atoms with E-state index in [1.807, 2.05) is 6.20 Å². The molecule has 72 valence electrons. The molecule has 1 atom stereocenters. The van der Waals surface area contributed by atoms with Crippen molar-refractivity contribution in [2.75, 3.05) is 6.61 Å². The van der Waals surface area contributed by atoms with E-state index in [1.54, 1.807) is 0 Å². The molecule has 0 saturated heterocycles. The summed E-state index contributed by atoms with van der Waals surface area (Å²) in [6.07, 6.45) is 4.63. The highest BCUT2D eigenvalue weighted by Gasteiger charge is 2.19. The number of fused-ring (bicyclic) bond motifs is 1. The smallest absolute Gasteiger partial charge is 0.111 e. The maximum atomic E-state index is 8.82. The number of imidazole rings is 1. The van der Waals surface area contributed by atoms with E-state index in [0.29, 0.717) is 6.42 Å². The van der Waals surface area contributed by atoms with Crippen molar-refractivity contribution in [1.29, 1.82) is 0 Å². The molecular formula is C9H15N3O. The van der Waals surface area contributed by atoms with Crippen LogP contribution in [0, 0.1) is 0 Å². The molecule has 0 fully saturated rings. The van der Waals surface area contributed by atoms with Crippen LogP contribution in [-0.4, -0.2) is 21.3 Å². The van der Waals surface area contributed by atoms with E-state index < -0.39 is 0 Å². The predicted molar refractivity (Wildman–Crippen MR) is 49.2 cm³/mol. The van der Waals surface area contributed by atoms with Crippen LogP contribution in [0.1, 0.15) is 30.4 Å². The van der Waals surface area contributed by atoms with Crippen LogP contribution in [0.15, 0.2) is 6.20 Å². The summed E-state index contributed by atoms with van der Waals surface area (Å²) in [4.78, 5) is 4.26. The fourth-order valence-electron chi connectivity index (χ4n) is 1.90. The van der Waals surface area contributed by atoms with Gasteiger partial charge in [0.15, 0.2) is 0 Å². The largest absolute Gasteiger partial charge is 0.396 e. The van der Waals surface area contributed by atoms with Gasteiger partial charge in [-0.3, -0.25) is 0 Å². The highest BCUT2D eigenvalue weighted by Crippen LogP contribution is 2.23. The van der Waals surface area contributed by atoms with Gasteiger partial charge < -0.3 is 15.4 Å². The molecule has 1 aromatic rings. The summed E-state index contributed by atoms with van der Waals surface area (Å²) in [5, 5.41) is 8.82. The van der Waals surface area contributed by atoms with E-state index in [2.05, 4.69) is 9.55 Å². The molecule has 1 aromatic heterocycles. The molecule has 0 aliphatic carbocycles. The Balaban J connectivity index is 2.30. The van der Waals surface area contributed by atoms with Gasteiger partial charge in [-0.25, -0.2) is 4.98 Å². The van der Waals surface area contributed by atoms with Crippen molar-refractivity contribution in [2.24, 2.45) is 5.73 Å². The fourth-order valence-corrected chi connectivity index (χ4v) is 1.90. The number of hydrogen-bond acceptors (Lipinski definition) is 3. The van der Waals surface area contributed by atoms with Crippen molar-refractivity contribution in [3.63, 3.8) is 0 Å². The molecule has 0 bridgehead atoms. The Labute approximate surface area is 77.4 Å². The first-order chi connectivity index (χ1) is 6.33. The van der Waals surface area contributed by atoms with Gasteiger partial charge in [0.25, 0.3) is 0 Å². The Morgan fingerprint density at radius 1 is 1.69 bits per heavy atom. The molecule has 4 nitrogen and oxygen atoms in total. The van der Waals surface area contributed by atoms with Gasteiger partial charge in [-0.2, -0.15) is 0 Å². The minimum atomic E-state index is 0.133. The minimum Gasteiger partial charge on any atom is -0.396 e. The van der Waals surface area contributed by atoms with Crippen molar-refractivity contribution < 1.29 is 5.11 Å². The zero-order valence-corrected chi connectivity index (χ0v) is 7.61. The molecule has 1 aliphatic heterocycles. The number of aromatic nitrogens is 2. The first-order valence-electron chi connectivity index (χ1n) is 4.73. The SMILES string of the molecule is NC1CCCn2c1cnc2CCO. The van der Waals surface area contributed by atoms with Crippen LogP contribution in [0.3, 0.4) is 0 Å². The molecule has 3 N–H and O–H groups in total. The molecule has 0 radical (unpaired) electrons. The molecule has 2 heterocycles. The van der Waals surface area contributed by atoms with E-state index in [-0.39, 0.29) is 12.6 Å². The lowest BCUT2D eigenvalue weighted by molar-refractivity contribution is 0.293. The Morgan fingerprint density at radius 2 is 2.54 bits per heavy atom. The Bertz CT molecular complexity index is 295. The number of aliphatic hydroxyl groups is 1. The van der Waals surface area contributed by atoms with Crippen LogP contribution < -0.4 is 5.73 Å². The van der Waals surface area contributed by atoms with Crippen LogP contribution in [0.5, 0.6) is 0 Å². The zero-order chi connectivity index (χ0) is 9.26. The minimum absolute atomic E-state index is 0.133. The van der Waals surface area contributed by atoms with Gasteiger partial charge in [0.2, 0.25) is 0 Å². The quantitative estimate of drug-likeness (QED) is 0.685. The van der Waals surface area contributed by atoms with Crippen molar-refractivity contribution in [1.82, 2.24) is 9.55 Å². The summed E-state index contributed by atoms with van der Waals surface area (Å²) < 4.78 is 2.14. The molecule has 2 rings (SSSR count). The monoisotopic (exact) mass is 181 g/mol. The lowest BCUT2D eigenvalue weighted by Crippen LogP contribution is -2.22. The second kappa shape index (κ2) is 3.47. The topological polar surface area (TPSA) is 64.1 Å². The number of aliphatic hydroxyl groups excluding tert-OH is 1. The Hall–Kier alpha value is -0.870. The fraction of sp³-hybridized carbons (Fsp3) is 0.667. The zero-order valence-electron chi connectivity index (χ0n) is 7.61. The highest BCUT2D eigenvalue weighted by atomic mass is 16.3. The van der Waals surface area contributed by atoms with Gasteiger partial charge >= 0.3 is 0 Å². The molecular weight excluding hydrogens is 166 g/mol. The Morgan fingerprint density at radius 3 is 3.31 bits per heavy atom. The third kappa shape index (κ3) is 1.47. The number of nitrogens with zero attached hydrogens (tertiary/aromatic N) is 2. The number of hydrogen-bond donors (Lipinski definition) is 2. The van der Waals surface area contributed by atoms with E-state index in [4.69, 9.17) is 10.8 Å². The van der Waals surface area contributed by atoms with Gasteiger partial charge in [-0.05, 0) is 12.8 Å². The number of rotatable bonds is 2. The maximum absolute atomic E-state index is 8.82. The van der Waals surface area contributed by atoms with Crippen molar-refractivity contribution in [3.05, 3.63) is 17.7 Å². The first kappa shape index (κ1) is 8.72. The normalized spacial score (nSPS) is 21.5. The molecule has 1 aliphatic rings. The molecule has 13 heavy (non-hydrogen) atoms. The van der Waals surface area contributed by atoms with E-state index >= 15 is 0 Å². The summed E-state index contributed by atoms with van der Waals surface area (Å²) in [6.45, 7) is 1.16. The van der Waals surface area contributed by atoms with E-state index in [1.165, 1.54) is 0 Å². The average molecular weight is 181 g/mol. The Kier molecular flexibility index (Phi) is 2.33. The number of nitrogens with two attached hydrogens (primary N) is 1. The standard InChI is InChI=1S/C9H15N3O/c10-7-2-1-4-12-8(7)6-11-9(12)3-5-13/h6-7,13H,1-5,10H2. The first-order valence-corrected chi connectivity index (χ1v) is 4.73. The molecule has 0 aromatic carbocycles. The van der Waals surface area contributed by atoms with Gasteiger partial charge in [-0.15, -0.1) is 0 Å². The molecule has 1 unspecified atom stereocenters. The molecule has 0 saturated carbocycles. The summed E-state index contributed by atoms with van der Waals surface area (Å²) >= 11 is 0. The van der Waals surface area contributed by atoms with Crippen LogP contribution in [-0.2, 0) is 13.0 Å². The van der Waals surface area contributed by atoms with Gasteiger partial charge in [0, 0.05) is 19.0 Å². The molecule has 4 heteroatoms. The summed E-state index contributed by atoms with van der Waals surface area (Å²) in [5.74, 6) is 0.965. The van der Waals surface area contributed by atoms with Gasteiger partial charge in [0.05, 0.1) is 18.5 Å². The van der Waals surface area contributed by atoms with Gasteiger partial charge in [-0.1, -0.05) is 0 Å². The third-order valence-corrected chi connectivity index (χ3v) is 2.58. The van der Waals surface area contributed by atoms with Crippen molar-refractivity contribution >= 4 is 0 Å². The van der Waals surface area contributed by atoms with Crippen LogP contribution in [0.2, 0.25) is 0 Å². The van der Waals surface area contributed by atoms with Crippen LogP contribution >= 0.6 is 0 Å². The molecule has 0 amide bonds. The van der Waals surface area contributed by atoms with Crippen molar-refractivity contribution in [3.8, 4) is 0 Å². The average Bonchev–Trinajstić information content (AvgIpc) is 2.51. The lowest BCUT2D eigenvalue weighted by atomic mass is 10.1. The van der Waals surface area contributed by atoms with Crippen molar-refractivity contribution in [2.45, 2.75) is 31.8 Å². The maximum Gasteiger partial charge on any atom is 0.111 e. The lowest BCUT2D eigenvalue weighted by Gasteiger charge is -2.21. The second-order valence-electron chi connectivity index (χ2n) is 3.47. The second-order valence-corrected chi connectivity index (χ2v) is 3.47. The summed E-state index contributed by atoms with van der Waals surface area (Å²) in [7, 11) is 0. The van der Waals surface area contributed by atoms with Crippen LogP contribution in [0.4, 0.5) is 0 Å². The highest BCUT2D eigenvalue weighted by molar-refractivity contribution is 5.12. The summed E-state index contributed by atoms with van der Waals surface area (Å²) in [5.41, 5.74) is 7.05. The van der Waals surface area contributed by atoms with Gasteiger partial charge in [0.1, 0.15) is 5.82 Å².